The van der Waals surface area contributed by atoms with Crippen LogP contribution in [0.25, 0.3) is 0 Å². The normalized spacial score (nSPS) is 12.4. The Bertz CT molecular complexity index is 322. The predicted molar refractivity (Wildman–Crippen MR) is 63.6 cm³/mol. The fourth-order valence-corrected chi connectivity index (χ4v) is 1.09. The third-order valence-electron chi connectivity index (χ3n) is 1.70. The average Bonchev–Trinajstić information content (AvgIpc) is 2.13. The largest absolute Gasteiger partial charge is 0.460 e. The van der Waals surface area contributed by atoms with Crippen LogP contribution >= 0.6 is 0 Å². The summed E-state index contributed by atoms with van der Waals surface area (Å²) in [5.74, 6) is -1.45. The molecule has 0 aliphatic carbocycles. The first-order chi connectivity index (χ1) is 8.15. The number of primary amides is 1. The molecule has 0 radical (unpaired) electrons. The summed E-state index contributed by atoms with van der Waals surface area (Å²) in [5, 5.41) is 2.20. The molecular weight excluding hydrogens is 240 g/mol. The second-order valence-electron chi connectivity index (χ2n) is 4.61. The van der Waals surface area contributed by atoms with Crippen LogP contribution in [-0.4, -0.2) is 36.2 Å². The highest BCUT2D eigenvalue weighted by molar-refractivity contribution is 5.88. The van der Waals surface area contributed by atoms with Gasteiger partial charge in [0.25, 0.3) is 0 Å². The zero-order valence-electron chi connectivity index (χ0n) is 11.1. The number of amides is 2. The van der Waals surface area contributed by atoms with Crippen molar-refractivity contribution in [2.75, 3.05) is 6.61 Å². The summed E-state index contributed by atoms with van der Waals surface area (Å²) in [6, 6.07) is -1.14. The molecule has 0 bridgehead atoms. The highest BCUT2D eigenvalue weighted by Gasteiger charge is 2.25. The van der Waals surface area contributed by atoms with Gasteiger partial charge < -0.3 is 20.5 Å². The van der Waals surface area contributed by atoms with Gasteiger partial charge in [-0.15, -0.1) is 0 Å². The molecule has 3 N–H and O–H groups in total. The molecule has 2 amide bonds. The SMILES string of the molecule is CCOC(=O)NC(CC(=O)OC(C)(C)C)C(N)=O. The van der Waals surface area contributed by atoms with E-state index in [1.54, 1.807) is 27.7 Å². The summed E-state index contributed by atoms with van der Waals surface area (Å²) in [7, 11) is 0. The summed E-state index contributed by atoms with van der Waals surface area (Å²) < 4.78 is 9.62. The number of ether oxygens (including phenoxy) is 2. The van der Waals surface area contributed by atoms with Gasteiger partial charge in [0.2, 0.25) is 5.91 Å². The molecule has 0 saturated heterocycles. The Kier molecular flexibility index (Phi) is 6.15. The van der Waals surface area contributed by atoms with E-state index in [2.05, 4.69) is 10.1 Å². The van der Waals surface area contributed by atoms with E-state index in [4.69, 9.17) is 10.5 Å². The number of alkyl carbamates (subject to hydrolysis) is 1. The molecule has 0 aromatic carbocycles. The summed E-state index contributed by atoms with van der Waals surface area (Å²) in [6.45, 7) is 6.87. The molecule has 0 aromatic rings. The van der Waals surface area contributed by atoms with E-state index in [9.17, 15) is 14.4 Å². The van der Waals surface area contributed by atoms with Crippen LogP contribution in [0.4, 0.5) is 4.79 Å². The first-order valence-electron chi connectivity index (χ1n) is 5.60. The number of hydrogen-bond donors (Lipinski definition) is 2. The van der Waals surface area contributed by atoms with Crippen molar-refractivity contribution in [3.63, 3.8) is 0 Å². The topological polar surface area (TPSA) is 108 Å². The molecule has 0 saturated carbocycles. The average molecular weight is 260 g/mol. The van der Waals surface area contributed by atoms with Crippen LogP contribution in [0, 0.1) is 0 Å². The predicted octanol–water partition coefficient (Wildman–Crippen LogP) is 0.318. The minimum atomic E-state index is -1.14. The molecule has 18 heavy (non-hydrogen) atoms. The number of hydrogen-bond acceptors (Lipinski definition) is 5. The number of rotatable bonds is 5. The van der Waals surface area contributed by atoms with Crippen molar-refractivity contribution in [1.29, 1.82) is 0 Å². The number of carbonyl (C=O) groups is 3. The Morgan fingerprint density at radius 3 is 2.22 bits per heavy atom. The molecule has 7 heteroatoms. The van der Waals surface area contributed by atoms with E-state index in [1.165, 1.54) is 0 Å². The van der Waals surface area contributed by atoms with Gasteiger partial charge in [-0.25, -0.2) is 4.79 Å². The maximum Gasteiger partial charge on any atom is 0.407 e. The van der Waals surface area contributed by atoms with Crippen LogP contribution in [0.5, 0.6) is 0 Å². The van der Waals surface area contributed by atoms with E-state index >= 15 is 0 Å². The number of carbonyl (C=O) groups excluding carboxylic acids is 3. The molecule has 0 fully saturated rings. The van der Waals surface area contributed by atoms with Crippen molar-refractivity contribution in [3.05, 3.63) is 0 Å². The standard InChI is InChI=1S/C11H20N2O5/c1-5-17-10(16)13-7(9(12)15)6-8(14)18-11(2,3)4/h7H,5-6H2,1-4H3,(H2,12,15)(H,13,16). The third kappa shape index (κ3) is 7.48. The van der Waals surface area contributed by atoms with Crippen molar-refractivity contribution in [2.45, 2.75) is 45.8 Å². The van der Waals surface area contributed by atoms with Crippen LogP contribution < -0.4 is 11.1 Å². The number of esters is 1. The Labute approximate surface area is 106 Å². The van der Waals surface area contributed by atoms with Crippen LogP contribution in [0.2, 0.25) is 0 Å². The third-order valence-corrected chi connectivity index (χ3v) is 1.70. The second-order valence-corrected chi connectivity index (χ2v) is 4.61. The van der Waals surface area contributed by atoms with Gasteiger partial charge in [0.05, 0.1) is 13.0 Å². The summed E-state index contributed by atoms with van der Waals surface area (Å²) in [6.07, 6.45) is -1.13. The highest BCUT2D eigenvalue weighted by atomic mass is 16.6. The van der Waals surface area contributed by atoms with Gasteiger partial charge >= 0.3 is 12.1 Å². The van der Waals surface area contributed by atoms with Gasteiger partial charge in [-0.2, -0.15) is 0 Å². The molecule has 0 aromatic heterocycles. The minimum absolute atomic E-state index is 0.157. The van der Waals surface area contributed by atoms with E-state index in [0.29, 0.717) is 0 Å². The van der Waals surface area contributed by atoms with Gasteiger partial charge in [0, 0.05) is 0 Å². The lowest BCUT2D eigenvalue weighted by atomic mass is 10.1. The van der Waals surface area contributed by atoms with E-state index < -0.39 is 29.6 Å². The van der Waals surface area contributed by atoms with Crippen LogP contribution in [-0.2, 0) is 19.1 Å². The van der Waals surface area contributed by atoms with Gasteiger partial charge in [-0.1, -0.05) is 0 Å². The second kappa shape index (κ2) is 6.83. The summed E-state index contributed by atoms with van der Waals surface area (Å²) >= 11 is 0. The molecule has 1 atom stereocenters. The molecule has 0 aliphatic rings. The molecule has 104 valence electrons. The molecule has 1 unspecified atom stereocenters. The van der Waals surface area contributed by atoms with Crippen molar-refractivity contribution < 1.29 is 23.9 Å². The van der Waals surface area contributed by atoms with Gasteiger partial charge in [0.1, 0.15) is 11.6 Å². The monoisotopic (exact) mass is 260 g/mol. The van der Waals surface area contributed by atoms with Gasteiger partial charge in [0.15, 0.2) is 0 Å². The van der Waals surface area contributed by atoms with Crippen molar-refractivity contribution in [1.82, 2.24) is 5.32 Å². The van der Waals surface area contributed by atoms with Crippen LogP contribution in [0.1, 0.15) is 34.1 Å². The Hall–Kier alpha value is -1.79. The fraction of sp³-hybridized carbons (Fsp3) is 0.727. The molecule has 0 heterocycles. The smallest absolute Gasteiger partial charge is 0.407 e. The maximum absolute atomic E-state index is 11.5. The van der Waals surface area contributed by atoms with E-state index in [0.717, 1.165) is 0 Å². The summed E-state index contributed by atoms with van der Waals surface area (Å²) in [4.78, 5) is 33.7. The fourth-order valence-electron chi connectivity index (χ4n) is 1.09. The van der Waals surface area contributed by atoms with E-state index in [1.807, 2.05) is 0 Å². The number of nitrogens with one attached hydrogen (secondary N) is 1. The lowest BCUT2D eigenvalue weighted by Crippen LogP contribution is -2.46. The molecule has 0 spiro atoms. The number of nitrogens with two attached hydrogens (primary N) is 1. The van der Waals surface area contributed by atoms with Crippen molar-refractivity contribution in [3.8, 4) is 0 Å². The lowest BCUT2D eigenvalue weighted by molar-refractivity contribution is -0.156. The molecule has 0 aliphatic heterocycles. The zero-order valence-corrected chi connectivity index (χ0v) is 11.1. The lowest BCUT2D eigenvalue weighted by Gasteiger charge is -2.21. The highest BCUT2D eigenvalue weighted by Crippen LogP contribution is 2.09. The van der Waals surface area contributed by atoms with Gasteiger partial charge in [-0.05, 0) is 27.7 Å². The minimum Gasteiger partial charge on any atom is -0.460 e. The van der Waals surface area contributed by atoms with E-state index in [-0.39, 0.29) is 13.0 Å². The Morgan fingerprint density at radius 1 is 1.28 bits per heavy atom. The van der Waals surface area contributed by atoms with Crippen molar-refractivity contribution >= 4 is 18.0 Å². The van der Waals surface area contributed by atoms with Gasteiger partial charge in [-0.3, -0.25) is 9.59 Å². The van der Waals surface area contributed by atoms with Crippen molar-refractivity contribution in [2.24, 2.45) is 5.73 Å². The van der Waals surface area contributed by atoms with Crippen LogP contribution in [0.3, 0.4) is 0 Å². The Balaban J connectivity index is 4.41. The summed E-state index contributed by atoms with van der Waals surface area (Å²) in [5.41, 5.74) is 4.41. The van der Waals surface area contributed by atoms with Crippen LogP contribution in [0.15, 0.2) is 0 Å². The Morgan fingerprint density at radius 2 is 1.83 bits per heavy atom. The first-order valence-corrected chi connectivity index (χ1v) is 5.60. The molecule has 0 rings (SSSR count). The first kappa shape index (κ1) is 16.2. The molecular formula is C11H20N2O5. The molecule has 7 nitrogen and oxygen atoms in total. The zero-order chi connectivity index (χ0) is 14.3. The quantitative estimate of drug-likeness (QED) is 0.692. The maximum atomic E-state index is 11.5.